The SMILES string of the molecule is CCCCCCCC(CC)NS(=O)(=O)C(=C(F)c1ccccc1)c1ccccc1. The van der Waals surface area contributed by atoms with E-state index in [4.69, 9.17) is 0 Å². The van der Waals surface area contributed by atoms with Crippen LogP contribution in [0.5, 0.6) is 0 Å². The van der Waals surface area contributed by atoms with Crippen LogP contribution in [-0.2, 0) is 10.0 Å². The molecule has 2 aromatic carbocycles. The molecule has 0 saturated carbocycles. The maximum Gasteiger partial charge on any atom is 0.244 e. The fourth-order valence-electron chi connectivity index (χ4n) is 3.32. The molecule has 3 nitrogen and oxygen atoms in total. The molecule has 0 fully saturated rings. The molecule has 0 aromatic heterocycles. The van der Waals surface area contributed by atoms with Crippen LogP contribution >= 0.6 is 0 Å². The van der Waals surface area contributed by atoms with Crippen molar-refractivity contribution in [2.45, 2.75) is 64.8 Å². The predicted molar refractivity (Wildman–Crippen MR) is 120 cm³/mol. The summed E-state index contributed by atoms with van der Waals surface area (Å²) in [5, 5.41) is 0. The zero-order valence-electron chi connectivity index (χ0n) is 17.4. The number of nitrogens with one attached hydrogen (secondary N) is 1. The topological polar surface area (TPSA) is 46.2 Å². The van der Waals surface area contributed by atoms with Crippen molar-refractivity contribution in [3.8, 4) is 0 Å². The molecule has 0 amide bonds. The van der Waals surface area contributed by atoms with Gasteiger partial charge in [0.2, 0.25) is 10.0 Å². The molecule has 0 bridgehead atoms. The van der Waals surface area contributed by atoms with Crippen molar-refractivity contribution >= 4 is 20.8 Å². The third-order valence-electron chi connectivity index (χ3n) is 5.00. The molecule has 1 unspecified atom stereocenters. The van der Waals surface area contributed by atoms with Crippen LogP contribution in [0.2, 0.25) is 0 Å². The van der Waals surface area contributed by atoms with E-state index in [0.717, 1.165) is 25.7 Å². The van der Waals surface area contributed by atoms with E-state index >= 15 is 4.39 Å². The number of halogens is 1. The molecule has 0 aliphatic heterocycles. The van der Waals surface area contributed by atoms with E-state index in [-0.39, 0.29) is 16.5 Å². The molecule has 1 N–H and O–H groups in total. The highest BCUT2D eigenvalue weighted by atomic mass is 32.2. The molecule has 2 aromatic rings. The molecule has 0 spiro atoms. The molecule has 5 heteroatoms. The molecular formula is C24H32FNO2S. The first-order valence-corrected chi connectivity index (χ1v) is 12.0. The average molecular weight is 418 g/mol. The quantitative estimate of drug-likeness (QED) is 0.315. The van der Waals surface area contributed by atoms with Gasteiger partial charge in [0.15, 0.2) is 5.83 Å². The lowest BCUT2D eigenvalue weighted by Gasteiger charge is -2.19. The van der Waals surface area contributed by atoms with Gasteiger partial charge in [-0.2, -0.15) is 0 Å². The average Bonchev–Trinajstić information content (AvgIpc) is 2.74. The van der Waals surface area contributed by atoms with Gasteiger partial charge in [0, 0.05) is 11.6 Å². The monoisotopic (exact) mass is 417 g/mol. The van der Waals surface area contributed by atoms with Crippen LogP contribution in [-0.4, -0.2) is 14.5 Å². The lowest BCUT2D eigenvalue weighted by atomic mass is 10.1. The summed E-state index contributed by atoms with van der Waals surface area (Å²) in [6.45, 7) is 4.13. The van der Waals surface area contributed by atoms with Gasteiger partial charge in [0.1, 0.15) is 4.91 Å². The number of hydrogen-bond acceptors (Lipinski definition) is 2. The molecule has 0 aliphatic carbocycles. The van der Waals surface area contributed by atoms with Crippen LogP contribution in [0.1, 0.15) is 69.9 Å². The van der Waals surface area contributed by atoms with Crippen molar-refractivity contribution in [3.05, 3.63) is 71.8 Å². The molecule has 1 atom stereocenters. The summed E-state index contributed by atoms with van der Waals surface area (Å²) in [7, 11) is -4.03. The Kier molecular flexibility index (Phi) is 9.55. The summed E-state index contributed by atoms with van der Waals surface area (Å²) in [5.74, 6) is -0.734. The van der Waals surface area contributed by atoms with E-state index in [1.54, 1.807) is 60.7 Å². The molecule has 0 radical (unpaired) electrons. The van der Waals surface area contributed by atoms with Gasteiger partial charge in [-0.3, -0.25) is 0 Å². The van der Waals surface area contributed by atoms with Crippen LogP contribution in [0, 0.1) is 0 Å². The predicted octanol–water partition coefficient (Wildman–Crippen LogP) is 6.54. The summed E-state index contributed by atoms with van der Waals surface area (Å²) >= 11 is 0. The maximum absolute atomic E-state index is 15.4. The first kappa shape index (κ1) is 23.3. The first-order chi connectivity index (χ1) is 14.0. The van der Waals surface area contributed by atoms with Crippen molar-refractivity contribution in [2.24, 2.45) is 0 Å². The zero-order chi connectivity index (χ0) is 21.1. The van der Waals surface area contributed by atoms with Gasteiger partial charge in [-0.25, -0.2) is 17.5 Å². The van der Waals surface area contributed by atoms with Gasteiger partial charge in [-0.15, -0.1) is 0 Å². The molecule has 2 rings (SSSR count). The summed E-state index contributed by atoms with van der Waals surface area (Å²) in [6, 6.07) is 16.6. The van der Waals surface area contributed by atoms with Gasteiger partial charge in [0.05, 0.1) is 0 Å². The van der Waals surface area contributed by atoms with E-state index in [9.17, 15) is 8.42 Å². The number of unbranched alkanes of at least 4 members (excludes halogenated alkanes) is 4. The Bertz CT molecular complexity index is 864. The summed E-state index contributed by atoms with van der Waals surface area (Å²) in [5.41, 5.74) is 0.600. The highest BCUT2D eigenvalue weighted by Crippen LogP contribution is 2.32. The van der Waals surface area contributed by atoms with E-state index in [2.05, 4.69) is 11.6 Å². The second-order valence-electron chi connectivity index (χ2n) is 7.30. The normalized spacial score (nSPS) is 13.8. The Morgan fingerprint density at radius 2 is 1.41 bits per heavy atom. The van der Waals surface area contributed by atoms with E-state index in [1.807, 2.05) is 6.92 Å². The third kappa shape index (κ3) is 7.09. The Balaban J connectivity index is 2.30. The Morgan fingerprint density at radius 3 is 1.97 bits per heavy atom. The largest absolute Gasteiger partial charge is 0.244 e. The third-order valence-corrected chi connectivity index (χ3v) is 6.60. The van der Waals surface area contributed by atoms with Crippen LogP contribution in [0.25, 0.3) is 10.7 Å². The van der Waals surface area contributed by atoms with Gasteiger partial charge >= 0.3 is 0 Å². The Hall–Kier alpha value is -1.98. The number of hydrogen-bond donors (Lipinski definition) is 1. The lowest BCUT2D eigenvalue weighted by Crippen LogP contribution is -2.35. The summed E-state index contributed by atoms with van der Waals surface area (Å²) in [4.78, 5) is -0.297. The smallest absolute Gasteiger partial charge is 0.208 e. The van der Waals surface area contributed by atoms with E-state index < -0.39 is 15.9 Å². The zero-order valence-corrected chi connectivity index (χ0v) is 18.2. The minimum absolute atomic E-state index is 0.205. The van der Waals surface area contributed by atoms with Crippen LogP contribution in [0.4, 0.5) is 4.39 Å². The highest BCUT2D eigenvalue weighted by molar-refractivity contribution is 7.99. The standard InChI is InChI=1S/C24H32FNO2S/c1-3-5-6-7-14-19-22(4-2)26-29(27,28)24(21-17-12-9-13-18-21)23(25)20-15-10-8-11-16-20/h8-13,15-18,22,26H,3-7,14,19H2,1-2H3. The molecule has 29 heavy (non-hydrogen) atoms. The van der Waals surface area contributed by atoms with Crippen LogP contribution < -0.4 is 4.72 Å². The minimum Gasteiger partial charge on any atom is -0.208 e. The van der Waals surface area contributed by atoms with Crippen LogP contribution in [0.3, 0.4) is 0 Å². The maximum atomic E-state index is 15.4. The summed E-state index contributed by atoms with van der Waals surface area (Å²) in [6.07, 6.45) is 7.02. The molecule has 158 valence electrons. The van der Waals surface area contributed by atoms with E-state index in [1.165, 1.54) is 12.8 Å². The fourth-order valence-corrected chi connectivity index (χ4v) is 4.97. The second kappa shape index (κ2) is 11.9. The van der Waals surface area contributed by atoms with E-state index in [0.29, 0.717) is 12.0 Å². The fraction of sp³-hybridized carbons (Fsp3) is 0.417. The van der Waals surface area contributed by atoms with Crippen molar-refractivity contribution in [2.75, 3.05) is 0 Å². The number of sulfonamides is 1. The molecular weight excluding hydrogens is 385 g/mol. The first-order valence-electron chi connectivity index (χ1n) is 10.5. The van der Waals surface area contributed by atoms with Crippen molar-refractivity contribution in [1.82, 2.24) is 4.72 Å². The number of rotatable bonds is 12. The van der Waals surface area contributed by atoms with Gasteiger partial charge in [0.25, 0.3) is 0 Å². The van der Waals surface area contributed by atoms with Crippen LogP contribution in [0.15, 0.2) is 60.7 Å². The number of benzene rings is 2. The molecule has 0 saturated heterocycles. The Morgan fingerprint density at radius 1 is 0.862 bits per heavy atom. The molecule has 0 aliphatic rings. The summed E-state index contributed by atoms with van der Waals surface area (Å²) < 4.78 is 44.6. The van der Waals surface area contributed by atoms with Crippen molar-refractivity contribution in [1.29, 1.82) is 0 Å². The highest BCUT2D eigenvalue weighted by Gasteiger charge is 2.27. The van der Waals surface area contributed by atoms with Gasteiger partial charge < -0.3 is 0 Å². The van der Waals surface area contributed by atoms with Gasteiger partial charge in [-0.05, 0) is 18.4 Å². The minimum atomic E-state index is -4.03. The van der Waals surface area contributed by atoms with Crippen molar-refractivity contribution < 1.29 is 12.8 Å². The van der Waals surface area contributed by atoms with Crippen molar-refractivity contribution in [3.63, 3.8) is 0 Å². The Labute approximate surface area is 175 Å². The van der Waals surface area contributed by atoms with Gasteiger partial charge in [-0.1, -0.05) is 107 Å². The second-order valence-corrected chi connectivity index (χ2v) is 8.96. The molecule has 0 heterocycles. The lowest BCUT2D eigenvalue weighted by molar-refractivity contribution is 0.491.